The van der Waals surface area contributed by atoms with E-state index in [9.17, 15) is 40.1 Å². The molecule has 0 unspecified atom stereocenters. The van der Waals surface area contributed by atoms with Gasteiger partial charge in [-0.05, 0) is 0 Å². The minimum absolute atomic E-state index is 0.0290. The van der Waals surface area contributed by atoms with Crippen molar-refractivity contribution >= 4 is 50.2 Å². The molecule has 2 aromatic carbocycles. The van der Waals surface area contributed by atoms with Crippen molar-refractivity contribution < 1.29 is 54.3 Å². The van der Waals surface area contributed by atoms with Gasteiger partial charge in [-0.15, -0.1) is 0 Å². The van der Waals surface area contributed by atoms with Gasteiger partial charge in [0.25, 0.3) is 0 Å². The third-order valence-corrected chi connectivity index (χ3v) is 8.10. The van der Waals surface area contributed by atoms with Gasteiger partial charge < -0.3 is 0 Å². The Hall–Kier alpha value is -2.40. The molecule has 204 valence electrons. The van der Waals surface area contributed by atoms with E-state index in [1.165, 1.54) is 12.1 Å². The summed E-state index contributed by atoms with van der Waals surface area (Å²) in [5.74, 6) is -6.57. The fraction of sp³-hybridized carbons (Fsp3) is 0.391. The summed E-state index contributed by atoms with van der Waals surface area (Å²) in [6, 6.07) is 13.2. The SMILES string of the molecule is CC(C)(C)OC(=O)COc1ccc([Te]c2ccc(OC(=O)CCC(F)(F)C(F)(F)S(=O)(=O)[O-])cc2)cc1. The molecule has 0 bridgehead atoms. The van der Waals surface area contributed by atoms with Crippen LogP contribution in [-0.2, 0) is 24.4 Å². The van der Waals surface area contributed by atoms with Crippen molar-refractivity contribution in [1.29, 1.82) is 0 Å². The normalized spacial score (nSPS) is 12.6. The number of hydrogen-bond donors (Lipinski definition) is 0. The van der Waals surface area contributed by atoms with E-state index in [1.807, 2.05) is 12.1 Å². The van der Waals surface area contributed by atoms with Crippen molar-refractivity contribution in [2.24, 2.45) is 0 Å². The van der Waals surface area contributed by atoms with E-state index in [-0.39, 0.29) is 12.4 Å². The van der Waals surface area contributed by atoms with Gasteiger partial charge in [0.2, 0.25) is 0 Å². The molecule has 0 amide bonds. The predicted octanol–water partition coefficient (Wildman–Crippen LogP) is 2.52. The van der Waals surface area contributed by atoms with Crippen LogP contribution < -0.4 is 16.7 Å². The topological polar surface area (TPSA) is 119 Å². The van der Waals surface area contributed by atoms with Crippen LogP contribution in [0.2, 0.25) is 0 Å². The summed E-state index contributed by atoms with van der Waals surface area (Å²) >= 11 is -0.869. The molecule has 0 aliphatic carbocycles. The molecule has 0 aliphatic heterocycles. The number of carbonyl (C=O) groups is 2. The average Bonchev–Trinajstić information content (AvgIpc) is 2.76. The summed E-state index contributed by atoms with van der Waals surface area (Å²) in [4.78, 5) is 23.5. The zero-order valence-electron chi connectivity index (χ0n) is 19.8. The molecule has 8 nitrogen and oxygen atoms in total. The van der Waals surface area contributed by atoms with Crippen LogP contribution in [0.4, 0.5) is 17.6 Å². The molecule has 0 radical (unpaired) electrons. The Bertz CT molecular complexity index is 1190. The fourth-order valence-electron chi connectivity index (χ4n) is 2.60. The number of hydrogen-bond acceptors (Lipinski definition) is 8. The molecule has 2 rings (SSSR count). The van der Waals surface area contributed by atoms with Gasteiger partial charge in [-0.2, -0.15) is 0 Å². The van der Waals surface area contributed by atoms with Gasteiger partial charge in [-0.1, -0.05) is 0 Å². The molecular formula is C23H23F4O8STe-. The number of alkyl halides is 4. The van der Waals surface area contributed by atoms with Gasteiger partial charge in [0.1, 0.15) is 0 Å². The van der Waals surface area contributed by atoms with Crippen molar-refractivity contribution in [1.82, 2.24) is 0 Å². The molecule has 0 fully saturated rings. The van der Waals surface area contributed by atoms with Gasteiger partial charge in [-0.3, -0.25) is 0 Å². The first-order valence-corrected chi connectivity index (χ1v) is 14.3. The maximum absolute atomic E-state index is 13.5. The van der Waals surface area contributed by atoms with E-state index in [4.69, 9.17) is 14.2 Å². The third kappa shape index (κ3) is 9.45. The van der Waals surface area contributed by atoms with E-state index in [0.717, 1.165) is 7.22 Å². The first-order chi connectivity index (χ1) is 16.9. The van der Waals surface area contributed by atoms with Crippen LogP contribution in [0, 0.1) is 0 Å². The van der Waals surface area contributed by atoms with Gasteiger partial charge in [-0.25, -0.2) is 0 Å². The molecule has 2 aromatic rings. The van der Waals surface area contributed by atoms with Gasteiger partial charge in [0, 0.05) is 0 Å². The molecule has 0 N–H and O–H groups in total. The average molecular weight is 663 g/mol. The first-order valence-electron chi connectivity index (χ1n) is 10.5. The number of esters is 2. The molecule has 14 heteroatoms. The Labute approximate surface area is 221 Å². The van der Waals surface area contributed by atoms with Crippen LogP contribution in [0.15, 0.2) is 48.5 Å². The fourth-order valence-corrected chi connectivity index (χ4v) is 5.40. The van der Waals surface area contributed by atoms with Gasteiger partial charge >= 0.3 is 222 Å². The molecule has 37 heavy (non-hydrogen) atoms. The maximum atomic E-state index is 13.5. The molecule has 0 atom stereocenters. The summed E-state index contributed by atoms with van der Waals surface area (Å²) in [6.07, 6.45) is -3.13. The Morgan fingerprint density at radius 2 is 1.35 bits per heavy atom. The summed E-state index contributed by atoms with van der Waals surface area (Å²) in [6.45, 7) is 5.02. The number of halogens is 4. The minimum atomic E-state index is -6.62. The molecule has 0 spiro atoms. The van der Waals surface area contributed by atoms with Gasteiger partial charge in [0.15, 0.2) is 0 Å². The second-order valence-electron chi connectivity index (χ2n) is 8.57. The Morgan fingerprint density at radius 3 is 1.81 bits per heavy atom. The number of carbonyl (C=O) groups excluding carboxylic acids is 2. The van der Waals surface area contributed by atoms with E-state index < -0.39 is 72.6 Å². The quantitative estimate of drug-likeness (QED) is 0.118. The second-order valence-corrected chi connectivity index (χ2v) is 13.3. The molecule has 0 heterocycles. The summed E-state index contributed by atoms with van der Waals surface area (Å²) < 4.78 is 102. The Kier molecular flexibility index (Phi) is 9.98. The van der Waals surface area contributed by atoms with Crippen molar-refractivity contribution in [3.8, 4) is 11.5 Å². The monoisotopic (exact) mass is 665 g/mol. The van der Waals surface area contributed by atoms with Crippen molar-refractivity contribution in [2.45, 2.75) is 50.4 Å². The molecule has 0 saturated carbocycles. The number of ether oxygens (including phenoxy) is 3. The van der Waals surface area contributed by atoms with Crippen molar-refractivity contribution in [2.75, 3.05) is 6.61 Å². The van der Waals surface area contributed by atoms with Crippen LogP contribution >= 0.6 is 0 Å². The van der Waals surface area contributed by atoms with E-state index in [1.54, 1.807) is 45.0 Å². The van der Waals surface area contributed by atoms with Crippen LogP contribution in [0.3, 0.4) is 0 Å². The second kappa shape index (κ2) is 12.0. The van der Waals surface area contributed by atoms with Crippen LogP contribution in [0.5, 0.6) is 11.5 Å². The van der Waals surface area contributed by atoms with E-state index >= 15 is 0 Å². The Morgan fingerprint density at radius 1 is 0.865 bits per heavy atom. The van der Waals surface area contributed by atoms with Crippen LogP contribution in [-0.4, -0.2) is 69.2 Å². The van der Waals surface area contributed by atoms with E-state index in [2.05, 4.69) is 0 Å². The zero-order valence-corrected chi connectivity index (χ0v) is 23.0. The standard InChI is InChI=1S/C23H24F4O8STe/c1-21(2,3)35-20(29)14-33-15-4-8-17(9-5-15)37-18-10-6-16(7-11-18)34-19(28)12-13-22(24,25)23(26,27)36(30,31)32/h4-11H,12-14H2,1-3H3,(H,30,31,32)/p-1. The van der Waals surface area contributed by atoms with E-state index in [0.29, 0.717) is 5.75 Å². The summed E-state index contributed by atoms with van der Waals surface area (Å²) in [5.41, 5.74) is -0.612. The molecule has 0 aromatic heterocycles. The predicted molar refractivity (Wildman–Crippen MR) is 124 cm³/mol. The number of rotatable bonds is 11. The first kappa shape index (κ1) is 30.8. The van der Waals surface area contributed by atoms with Crippen LogP contribution in [0.25, 0.3) is 0 Å². The molecular weight excluding hydrogens is 640 g/mol. The van der Waals surface area contributed by atoms with Crippen molar-refractivity contribution in [3.05, 3.63) is 48.5 Å². The molecule has 0 saturated heterocycles. The van der Waals surface area contributed by atoms with Crippen molar-refractivity contribution in [3.63, 3.8) is 0 Å². The summed E-state index contributed by atoms with van der Waals surface area (Å²) in [7, 11) is -6.62. The Balaban J connectivity index is 1.86. The van der Waals surface area contributed by atoms with Gasteiger partial charge in [0.05, 0.1) is 0 Å². The summed E-state index contributed by atoms with van der Waals surface area (Å²) in [5, 5.41) is -5.85. The zero-order chi connectivity index (χ0) is 28.1. The third-order valence-electron chi connectivity index (χ3n) is 4.27. The number of benzene rings is 2. The van der Waals surface area contributed by atoms with Crippen LogP contribution in [0.1, 0.15) is 33.6 Å². The molecule has 0 aliphatic rings.